The lowest BCUT2D eigenvalue weighted by molar-refractivity contribution is -0.171. The van der Waals surface area contributed by atoms with Crippen LogP contribution in [-0.4, -0.2) is 46.7 Å². The molecule has 0 amide bonds. The number of rotatable bonds is 10. The monoisotopic (exact) mass is 527 g/mol. The standard InChI is InChI=1S/C33H37NO5/c1-2-38-31(35)20-17-24-13-15-25(16-14-24)23-34-28-18-19-29(34)22-30(21-28)39-32(36)33(37,26-9-5-3-6-10-26)27-11-7-4-8-12-27/h3-16,28-30,37H,2,17-23H2,1H3/t28-,29+,30-. The van der Waals surface area contributed by atoms with Gasteiger partial charge in [0.1, 0.15) is 6.10 Å². The van der Waals surface area contributed by atoms with Crippen molar-refractivity contribution in [2.75, 3.05) is 6.61 Å². The van der Waals surface area contributed by atoms with Gasteiger partial charge < -0.3 is 14.6 Å². The zero-order valence-corrected chi connectivity index (χ0v) is 22.5. The highest BCUT2D eigenvalue weighted by Crippen LogP contribution is 2.39. The predicted molar refractivity (Wildman–Crippen MR) is 149 cm³/mol. The molecule has 0 radical (unpaired) electrons. The van der Waals surface area contributed by atoms with Crippen LogP contribution in [0.15, 0.2) is 84.9 Å². The van der Waals surface area contributed by atoms with E-state index in [-0.39, 0.29) is 12.1 Å². The molecule has 2 fully saturated rings. The molecule has 2 bridgehead atoms. The Morgan fingerprint density at radius 1 is 0.846 bits per heavy atom. The molecule has 0 aliphatic carbocycles. The number of esters is 2. The average molecular weight is 528 g/mol. The maximum Gasteiger partial charge on any atom is 0.347 e. The van der Waals surface area contributed by atoms with Crippen molar-refractivity contribution in [3.63, 3.8) is 0 Å². The largest absolute Gasteiger partial charge is 0.466 e. The quantitative estimate of drug-likeness (QED) is 0.367. The number of nitrogens with zero attached hydrogens (tertiary/aromatic N) is 1. The molecular formula is C33H37NO5. The molecular weight excluding hydrogens is 490 g/mol. The molecule has 3 aromatic rings. The van der Waals surface area contributed by atoms with Crippen LogP contribution in [0.1, 0.15) is 61.3 Å². The minimum absolute atomic E-state index is 0.160. The molecule has 6 heteroatoms. The number of hydrogen-bond donors (Lipinski definition) is 1. The lowest BCUT2D eigenvalue weighted by atomic mass is 9.86. The SMILES string of the molecule is CCOC(=O)CCc1ccc(CN2[C@@H]3CC[C@H]2C[C@H](OC(=O)C(O)(c2ccccc2)c2ccccc2)C3)cc1. The second-order valence-electron chi connectivity index (χ2n) is 10.6. The van der Waals surface area contributed by atoms with Crippen molar-refractivity contribution < 1.29 is 24.2 Å². The third-order valence-electron chi connectivity index (χ3n) is 8.10. The van der Waals surface area contributed by atoms with Crippen LogP contribution in [0.5, 0.6) is 0 Å². The van der Waals surface area contributed by atoms with E-state index in [1.165, 1.54) is 5.56 Å². The smallest absolute Gasteiger partial charge is 0.347 e. The molecule has 0 unspecified atom stereocenters. The minimum atomic E-state index is -1.85. The maximum absolute atomic E-state index is 13.6. The molecule has 1 N–H and O–H groups in total. The van der Waals surface area contributed by atoms with Gasteiger partial charge in [-0.05, 0) is 48.4 Å². The topological polar surface area (TPSA) is 76.1 Å². The normalized spacial score (nSPS) is 20.9. The minimum Gasteiger partial charge on any atom is -0.466 e. The number of ether oxygens (including phenoxy) is 2. The molecule has 39 heavy (non-hydrogen) atoms. The van der Waals surface area contributed by atoms with E-state index >= 15 is 0 Å². The van der Waals surface area contributed by atoms with Crippen molar-refractivity contribution in [1.82, 2.24) is 4.90 Å². The van der Waals surface area contributed by atoms with Gasteiger partial charge in [-0.15, -0.1) is 0 Å². The van der Waals surface area contributed by atoms with E-state index in [0.717, 1.165) is 37.8 Å². The number of hydrogen-bond acceptors (Lipinski definition) is 6. The molecule has 0 spiro atoms. The highest BCUT2D eigenvalue weighted by molar-refractivity contribution is 5.85. The fraction of sp³-hybridized carbons (Fsp3) is 0.394. The summed E-state index contributed by atoms with van der Waals surface area (Å²) in [7, 11) is 0. The van der Waals surface area contributed by atoms with E-state index in [2.05, 4.69) is 29.2 Å². The van der Waals surface area contributed by atoms with E-state index in [9.17, 15) is 14.7 Å². The van der Waals surface area contributed by atoms with Gasteiger partial charge in [-0.25, -0.2) is 4.79 Å². The van der Waals surface area contributed by atoms with Gasteiger partial charge in [0.15, 0.2) is 0 Å². The van der Waals surface area contributed by atoms with Crippen LogP contribution in [0.3, 0.4) is 0 Å². The van der Waals surface area contributed by atoms with Gasteiger partial charge in [0.2, 0.25) is 5.60 Å². The van der Waals surface area contributed by atoms with Crippen LogP contribution < -0.4 is 0 Å². The van der Waals surface area contributed by atoms with Crippen LogP contribution >= 0.6 is 0 Å². The average Bonchev–Trinajstić information content (AvgIpc) is 3.19. The first-order valence-electron chi connectivity index (χ1n) is 14.0. The van der Waals surface area contributed by atoms with Crippen LogP contribution in [0, 0.1) is 0 Å². The number of carbonyl (C=O) groups excluding carboxylic acids is 2. The third-order valence-corrected chi connectivity index (χ3v) is 8.10. The molecule has 204 valence electrons. The van der Waals surface area contributed by atoms with E-state index in [0.29, 0.717) is 42.7 Å². The van der Waals surface area contributed by atoms with Crippen molar-refractivity contribution in [3.05, 3.63) is 107 Å². The highest BCUT2D eigenvalue weighted by Gasteiger charge is 2.46. The Balaban J connectivity index is 1.22. The first kappa shape index (κ1) is 27.1. The maximum atomic E-state index is 13.6. The van der Waals surface area contributed by atoms with Crippen molar-refractivity contribution in [1.29, 1.82) is 0 Å². The predicted octanol–water partition coefficient (Wildman–Crippen LogP) is 5.16. The van der Waals surface area contributed by atoms with E-state index in [1.807, 2.05) is 43.3 Å². The molecule has 0 aromatic heterocycles. The number of aryl methyl sites for hydroxylation is 1. The van der Waals surface area contributed by atoms with Gasteiger partial charge >= 0.3 is 11.9 Å². The Labute approximate surface area is 230 Å². The number of aliphatic hydroxyl groups is 1. The summed E-state index contributed by atoms with van der Waals surface area (Å²) in [6, 6.07) is 27.2. The van der Waals surface area contributed by atoms with Crippen LogP contribution in [-0.2, 0) is 37.6 Å². The summed E-state index contributed by atoms with van der Waals surface area (Å²) in [6.07, 6.45) is 4.54. The molecule has 3 aromatic carbocycles. The van der Waals surface area contributed by atoms with Gasteiger partial charge in [0.05, 0.1) is 6.61 Å². The van der Waals surface area contributed by atoms with E-state index in [4.69, 9.17) is 9.47 Å². The summed E-state index contributed by atoms with van der Waals surface area (Å²) >= 11 is 0. The fourth-order valence-electron chi connectivity index (χ4n) is 6.08. The zero-order chi connectivity index (χ0) is 27.2. The number of piperidine rings is 1. The van der Waals surface area contributed by atoms with Gasteiger partial charge in [-0.1, -0.05) is 84.9 Å². The third kappa shape index (κ3) is 6.07. The molecule has 2 aliphatic rings. The van der Waals surface area contributed by atoms with Gasteiger partial charge in [0, 0.05) is 37.9 Å². The highest BCUT2D eigenvalue weighted by atomic mass is 16.6. The first-order valence-corrected chi connectivity index (χ1v) is 14.0. The van der Waals surface area contributed by atoms with Crippen LogP contribution in [0.25, 0.3) is 0 Å². The molecule has 2 saturated heterocycles. The molecule has 0 saturated carbocycles. The molecule has 3 atom stereocenters. The second kappa shape index (κ2) is 12.1. The number of carbonyl (C=O) groups is 2. The lowest BCUT2D eigenvalue weighted by Gasteiger charge is -2.39. The Hall–Kier alpha value is -3.48. The summed E-state index contributed by atoms with van der Waals surface area (Å²) in [5.41, 5.74) is 1.53. The fourth-order valence-corrected chi connectivity index (χ4v) is 6.08. The molecule has 5 rings (SSSR count). The molecule has 2 aliphatic heterocycles. The Morgan fingerprint density at radius 3 is 1.92 bits per heavy atom. The van der Waals surface area contributed by atoms with Crippen molar-refractivity contribution in [3.8, 4) is 0 Å². The van der Waals surface area contributed by atoms with Crippen LogP contribution in [0.2, 0.25) is 0 Å². The zero-order valence-electron chi connectivity index (χ0n) is 22.5. The second-order valence-corrected chi connectivity index (χ2v) is 10.6. The lowest BCUT2D eigenvalue weighted by Crippen LogP contribution is -2.47. The van der Waals surface area contributed by atoms with Crippen molar-refractivity contribution >= 4 is 11.9 Å². The summed E-state index contributed by atoms with van der Waals surface area (Å²) in [5.74, 6) is -0.774. The summed E-state index contributed by atoms with van der Waals surface area (Å²) in [5, 5.41) is 11.8. The number of benzene rings is 3. The summed E-state index contributed by atoms with van der Waals surface area (Å²) in [4.78, 5) is 27.8. The molecule has 2 heterocycles. The van der Waals surface area contributed by atoms with E-state index < -0.39 is 11.6 Å². The van der Waals surface area contributed by atoms with Crippen molar-refractivity contribution in [2.24, 2.45) is 0 Å². The first-order chi connectivity index (χ1) is 19.0. The van der Waals surface area contributed by atoms with Gasteiger partial charge in [-0.3, -0.25) is 9.69 Å². The van der Waals surface area contributed by atoms with E-state index in [1.54, 1.807) is 24.3 Å². The van der Waals surface area contributed by atoms with Gasteiger partial charge in [-0.2, -0.15) is 0 Å². The summed E-state index contributed by atoms with van der Waals surface area (Å²) < 4.78 is 11.1. The summed E-state index contributed by atoms with van der Waals surface area (Å²) in [6.45, 7) is 3.09. The Bertz CT molecular complexity index is 1190. The van der Waals surface area contributed by atoms with Crippen molar-refractivity contribution in [2.45, 2.75) is 75.8 Å². The molecule has 6 nitrogen and oxygen atoms in total. The van der Waals surface area contributed by atoms with Crippen LogP contribution in [0.4, 0.5) is 0 Å². The number of fused-ring (bicyclic) bond motifs is 2. The Morgan fingerprint density at radius 2 is 1.38 bits per heavy atom. The Kier molecular flexibility index (Phi) is 8.44. The van der Waals surface area contributed by atoms with Gasteiger partial charge in [0.25, 0.3) is 0 Å².